The molecule has 12 heteroatoms. The number of hydrogen-bond donors (Lipinski definition) is 3. The fourth-order valence-corrected chi connectivity index (χ4v) is 7.25. The minimum Gasteiger partial charge on any atom is -0.481 e. The lowest BCUT2D eigenvalue weighted by molar-refractivity contribution is -0.149. The minimum atomic E-state index is -0.715. The van der Waals surface area contributed by atoms with Crippen molar-refractivity contribution in [1.29, 1.82) is 0 Å². The molecule has 1 saturated heterocycles. The first-order chi connectivity index (χ1) is 20.8. The summed E-state index contributed by atoms with van der Waals surface area (Å²) in [5.41, 5.74) is 0.836. The quantitative estimate of drug-likeness (QED) is 0.259. The second-order valence-corrected chi connectivity index (χ2v) is 14.2. The average molecular weight is 636 g/mol. The van der Waals surface area contributed by atoms with Gasteiger partial charge in [-0.25, -0.2) is 4.98 Å². The van der Waals surface area contributed by atoms with E-state index in [2.05, 4.69) is 15.5 Å². The summed E-state index contributed by atoms with van der Waals surface area (Å²) in [4.78, 5) is 59.1. The van der Waals surface area contributed by atoms with Gasteiger partial charge in [0.1, 0.15) is 11.0 Å². The molecule has 2 aliphatic rings. The maximum atomic E-state index is 13.9. The van der Waals surface area contributed by atoms with Gasteiger partial charge in [-0.05, 0) is 64.0 Å². The normalized spacial score (nSPS) is 23.2. The molecule has 0 spiro atoms. The summed E-state index contributed by atoms with van der Waals surface area (Å²) in [6.07, 6.45) is 5.58. The van der Waals surface area contributed by atoms with E-state index in [1.54, 1.807) is 11.9 Å². The number of likely N-dealkylation sites (N-methyl/N-ethyl adjacent to an activating group) is 2. The van der Waals surface area contributed by atoms with Gasteiger partial charge in [-0.2, -0.15) is 0 Å². The van der Waals surface area contributed by atoms with Crippen LogP contribution in [0.5, 0.6) is 0 Å². The number of esters is 1. The van der Waals surface area contributed by atoms with E-state index >= 15 is 0 Å². The van der Waals surface area contributed by atoms with Crippen molar-refractivity contribution < 1.29 is 29.0 Å². The van der Waals surface area contributed by atoms with E-state index in [1.807, 2.05) is 40.1 Å². The van der Waals surface area contributed by atoms with Gasteiger partial charge in [-0.3, -0.25) is 24.1 Å². The number of hydrogen-bond acceptors (Lipinski definition) is 9. The first kappa shape index (κ1) is 35.9. The molecule has 3 rings (SSSR count). The van der Waals surface area contributed by atoms with Crippen molar-refractivity contribution in [2.45, 2.75) is 123 Å². The lowest BCUT2D eigenvalue weighted by Crippen LogP contribution is -2.57. The number of rotatable bonds is 14. The van der Waals surface area contributed by atoms with E-state index in [9.17, 15) is 24.3 Å². The van der Waals surface area contributed by atoms with Gasteiger partial charge in [0.2, 0.25) is 11.8 Å². The molecule has 2 heterocycles. The van der Waals surface area contributed by atoms with Crippen LogP contribution in [-0.2, 0) is 30.5 Å². The van der Waals surface area contributed by atoms with E-state index < -0.39 is 24.1 Å². The largest absolute Gasteiger partial charge is 0.481 e. The lowest BCUT2D eigenvalue weighted by atomic mass is 9.86. The van der Waals surface area contributed by atoms with Gasteiger partial charge in [0, 0.05) is 44.4 Å². The summed E-state index contributed by atoms with van der Waals surface area (Å²) in [6, 6.07) is -0.916. The molecule has 0 bridgehead atoms. The zero-order chi connectivity index (χ0) is 32.6. The van der Waals surface area contributed by atoms with Crippen molar-refractivity contribution >= 4 is 35.1 Å². The third-order valence-electron chi connectivity index (χ3n) is 9.18. The highest BCUT2D eigenvalue weighted by Crippen LogP contribution is 2.31. The SMILES string of the molecule is CC(=O)O[C@H](C[C@H](C(C)C)N(C)C(=O)[C@@H](NC(=O)C1CCCCN1C)C(C)C)c1nc(CNC2CCC(C(=O)O)CC2)cs1. The van der Waals surface area contributed by atoms with Gasteiger partial charge in [-0.15, -0.1) is 11.3 Å². The van der Waals surface area contributed by atoms with Crippen LogP contribution in [0, 0.1) is 17.8 Å². The van der Waals surface area contributed by atoms with E-state index in [1.165, 1.54) is 18.3 Å². The van der Waals surface area contributed by atoms with Crippen LogP contribution in [0.15, 0.2) is 5.38 Å². The number of carbonyl (C=O) groups is 4. The van der Waals surface area contributed by atoms with Crippen molar-refractivity contribution in [3.05, 3.63) is 16.1 Å². The molecular weight excluding hydrogens is 582 g/mol. The third-order valence-corrected chi connectivity index (χ3v) is 10.2. The van der Waals surface area contributed by atoms with Gasteiger partial charge in [0.25, 0.3) is 0 Å². The number of carboxylic acid groups (broad SMARTS) is 1. The summed E-state index contributed by atoms with van der Waals surface area (Å²) in [5, 5.41) is 18.4. The highest BCUT2D eigenvalue weighted by atomic mass is 32.1. The van der Waals surface area contributed by atoms with Crippen LogP contribution in [0.4, 0.5) is 0 Å². The van der Waals surface area contributed by atoms with Crippen LogP contribution in [0.2, 0.25) is 0 Å². The Morgan fingerprint density at radius 2 is 1.77 bits per heavy atom. The number of piperidine rings is 1. The van der Waals surface area contributed by atoms with Gasteiger partial charge in [0.05, 0.1) is 17.7 Å². The number of thiazole rings is 1. The molecule has 2 amide bonds. The van der Waals surface area contributed by atoms with Gasteiger partial charge >= 0.3 is 11.9 Å². The Hall–Kier alpha value is -2.57. The van der Waals surface area contributed by atoms with Crippen LogP contribution < -0.4 is 10.6 Å². The highest BCUT2D eigenvalue weighted by Gasteiger charge is 2.36. The fourth-order valence-electron chi connectivity index (χ4n) is 6.39. The topological polar surface area (TPSA) is 141 Å². The molecule has 44 heavy (non-hydrogen) atoms. The number of nitrogens with one attached hydrogen (secondary N) is 2. The molecule has 1 aliphatic heterocycles. The highest BCUT2D eigenvalue weighted by molar-refractivity contribution is 7.09. The summed E-state index contributed by atoms with van der Waals surface area (Å²) in [5.74, 6) is -1.70. The van der Waals surface area contributed by atoms with Crippen LogP contribution in [0.25, 0.3) is 0 Å². The summed E-state index contributed by atoms with van der Waals surface area (Å²) in [6.45, 7) is 10.7. The number of carbonyl (C=O) groups excluding carboxylic acids is 3. The zero-order valence-corrected chi connectivity index (χ0v) is 28.3. The zero-order valence-electron chi connectivity index (χ0n) is 27.5. The summed E-state index contributed by atoms with van der Waals surface area (Å²) in [7, 11) is 3.72. The Morgan fingerprint density at radius 1 is 1.09 bits per heavy atom. The molecule has 1 saturated carbocycles. The molecule has 1 unspecified atom stereocenters. The molecule has 3 N–H and O–H groups in total. The van der Waals surface area contributed by atoms with Crippen LogP contribution >= 0.6 is 11.3 Å². The smallest absolute Gasteiger partial charge is 0.306 e. The van der Waals surface area contributed by atoms with Gasteiger partial charge in [-0.1, -0.05) is 34.1 Å². The number of likely N-dealkylation sites (tertiary alicyclic amines) is 1. The molecular formula is C32H53N5O6S. The molecule has 1 aliphatic carbocycles. The predicted molar refractivity (Wildman–Crippen MR) is 170 cm³/mol. The first-order valence-electron chi connectivity index (χ1n) is 16.1. The molecule has 248 valence electrons. The van der Waals surface area contributed by atoms with Crippen LogP contribution in [0.1, 0.15) is 103 Å². The molecule has 0 radical (unpaired) electrons. The van der Waals surface area contributed by atoms with E-state index in [-0.39, 0.29) is 47.7 Å². The van der Waals surface area contributed by atoms with Gasteiger partial charge < -0.3 is 25.4 Å². The predicted octanol–water partition coefficient (Wildman–Crippen LogP) is 3.98. The van der Waals surface area contributed by atoms with E-state index in [0.29, 0.717) is 30.8 Å². The Morgan fingerprint density at radius 3 is 2.34 bits per heavy atom. The van der Waals surface area contributed by atoms with Crippen molar-refractivity contribution in [3.8, 4) is 0 Å². The molecule has 1 aromatic rings. The fraction of sp³-hybridized carbons (Fsp3) is 0.781. The maximum absolute atomic E-state index is 13.9. The van der Waals surface area contributed by atoms with Crippen LogP contribution in [0.3, 0.4) is 0 Å². The maximum Gasteiger partial charge on any atom is 0.306 e. The number of carboxylic acids is 1. The van der Waals surface area contributed by atoms with Crippen molar-refractivity contribution in [2.75, 3.05) is 20.6 Å². The van der Waals surface area contributed by atoms with Crippen molar-refractivity contribution in [2.24, 2.45) is 17.8 Å². The molecule has 1 aromatic heterocycles. The molecule has 0 aromatic carbocycles. The third kappa shape index (κ3) is 9.97. The molecule has 4 atom stereocenters. The number of amides is 2. The van der Waals surface area contributed by atoms with Crippen molar-refractivity contribution in [3.63, 3.8) is 0 Å². The van der Waals surface area contributed by atoms with E-state index in [0.717, 1.165) is 44.3 Å². The number of ether oxygens (including phenoxy) is 1. The number of aromatic nitrogens is 1. The number of aliphatic carboxylic acids is 1. The Labute approximate surface area is 266 Å². The first-order valence-corrected chi connectivity index (χ1v) is 17.0. The second kappa shape index (κ2) is 16.7. The van der Waals surface area contributed by atoms with Crippen molar-refractivity contribution in [1.82, 2.24) is 25.4 Å². The molecule has 2 fully saturated rings. The average Bonchev–Trinajstić information content (AvgIpc) is 3.45. The van der Waals surface area contributed by atoms with Gasteiger partial charge in [0.15, 0.2) is 6.10 Å². The second-order valence-electron chi connectivity index (χ2n) is 13.3. The molecule has 11 nitrogen and oxygen atoms in total. The Bertz CT molecular complexity index is 1120. The Kier molecular flexibility index (Phi) is 13.6. The number of nitrogens with zero attached hydrogens (tertiary/aromatic N) is 3. The van der Waals surface area contributed by atoms with Crippen LogP contribution in [-0.4, -0.2) is 88.5 Å². The minimum absolute atomic E-state index is 0.0528. The summed E-state index contributed by atoms with van der Waals surface area (Å²) >= 11 is 1.43. The standard InChI is InChI=1S/C32H53N5O6S/c1-19(2)26(37(7)31(40)28(20(3)4)35-29(39)25-10-8-9-15-36(25)6)16-27(43-21(5)38)30-34-24(18-44-30)17-33-23-13-11-22(12-14-23)32(41)42/h18-20,22-23,25-28,33H,8-17H2,1-7H3,(H,35,39)(H,41,42)/t22?,23?,25?,26-,27-,28+/m1/s1. The Balaban J connectivity index is 1.68. The lowest BCUT2D eigenvalue weighted by Gasteiger charge is -2.37. The van der Waals surface area contributed by atoms with E-state index in [4.69, 9.17) is 9.72 Å². The summed E-state index contributed by atoms with van der Waals surface area (Å²) < 4.78 is 5.77. The monoisotopic (exact) mass is 635 g/mol.